The highest BCUT2D eigenvalue weighted by Crippen LogP contribution is 2.32. The zero-order valence-electron chi connectivity index (χ0n) is 11.0. The number of fused-ring (bicyclic) bond motifs is 1. The number of rotatable bonds is 3. The third-order valence-corrected chi connectivity index (χ3v) is 4.25. The Labute approximate surface area is 137 Å². The average Bonchev–Trinajstić information content (AvgIpc) is 2.84. The first kappa shape index (κ1) is 14.7. The topological polar surface area (TPSA) is 38.1 Å². The lowest BCUT2D eigenvalue weighted by Gasteiger charge is -2.14. The molecule has 3 rings (SSSR count). The molecule has 6 heteroatoms. The standard InChI is InChI=1S/C15H11Br2FN2O/c1-19-15(14-11(17)6-9(16)7-20-14)13-5-8-4-10(18)2-3-12(8)21-13/h2-7,15,19H,1H3. The lowest BCUT2D eigenvalue weighted by molar-refractivity contribution is 0.484. The molecule has 0 saturated heterocycles. The predicted octanol–water partition coefficient (Wildman–Crippen LogP) is 4.80. The van der Waals surface area contributed by atoms with Crippen molar-refractivity contribution in [3.63, 3.8) is 0 Å². The summed E-state index contributed by atoms with van der Waals surface area (Å²) in [6.45, 7) is 0. The average molecular weight is 414 g/mol. The summed E-state index contributed by atoms with van der Waals surface area (Å²) in [5.74, 6) is 0.410. The van der Waals surface area contributed by atoms with E-state index >= 15 is 0 Å². The molecule has 0 radical (unpaired) electrons. The second-order valence-corrected chi connectivity index (χ2v) is 6.34. The van der Waals surface area contributed by atoms with Crippen LogP contribution in [0.25, 0.3) is 11.0 Å². The SMILES string of the molecule is CNC(c1cc2cc(F)ccc2o1)c1ncc(Br)cc1Br. The quantitative estimate of drug-likeness (QED) is 0.670. The Kier molecular flexibility index (Phi) is 4.10. The van der Waals surface area contributed by atoms with E-state index in [1.807, 2.05) is 19.2 Å². The molecule has 1 N–H and O–H groups in total. The third kappa shape index (κ3) is 2.88. The number of nitrogens with one attached hydrogen (secondary N) is 1. The molecule has 2 aromatic heterocycles. The summed E-state index contributed by atoms with van der Waals surface area (Å²) in [6.07, 6.45) is 1.73. The van der Waals surface area contributed by atoms with Gasteiger partial charge in [-0.2, -0.15) is 0 Å². The van der Waals surface area contributed by atoms with Crippen LogP contribution in [0.5, 0.6) is 0 Å². The van der Waals surface area contributed by atoms with Gasteiger partial charge in [-0.1, -0.05) is 0 Å². The van der Waals surface area contributed by atoms with E-state index < -0.39 is 0 Å². The second-order valence-electron chi connectivity index (χ2n) is 4.57. The molecule has 21 heavy (non-hydrogen) atoms. The van der Waals surface area contributed by atoms with Gasteiger partial charge in [0.15, 0.2) is 0 Å². The van der Waals surface area contributed by atoms with E-state index in [0.717, 1.165) is 20.0 Å². The van der Waals surface area contributed by atoms with Gasteiger partial charge in [0.05, 0.1) is 5.69 Å². The number of pyridine rings is 1. The molecule has 1 atom stereocenters. The van der Waals surface area contributed by atoms with Gasteiger partial charge in [-0.25, -0.2) is 4.39 Å². The summed E-state index contributed by atoms with van der Waals surface area (Å²) < 4.78 is 20.8. The first-order valence-corrected chi connectivity index (χ1v) is 7.84. The number of nitrogens with zero attached hydrogens (tertiary/aromatic N) is 1. The maximum atomic E-state index is 13.3. The molecule has 0 aliphatic carbocycles. The molecule has 2 heterocycles. The van der Waals surface area contributed by atoms with Gasteiger partial charge in [-0.3, -0.25) is 4.98 Å². The molecule has 0 saturated carbocycles. The van der Waals surface area contributed by atoms with Gasteiger partial charge in [0.25, 0.3) is 0 Å². The molecule has 3 nitrogen and oxygen atoms in total. The van der Waals surface area contributed by atoms with Crippen molar-refractivity contribution in [1.82, 2.24) is 10.3 Å². The number of hydrogen-bond acceptors (Lipinski definition) is 3. The predicted molar refractivity (Wildman–Crippen MR) is 86.7 cm³/mol. The summed E-state index contributed by atoms with van der Waals surface area (Å²) in [4.78, 5) is 4.42. The van der Waals surface area contributed by atoms with Crippen LogP contribution in [-0.2, 0) is 0 Å². The Hall–Kier alpha value is -1.24. The number of benzene rings is 1. The molecule has 0 amide bonds. The van der Waals surface area contributed by atoms with Gasteiger partial charge in [0.1, 0.15) is 23.2 Å². The molecule has 3 aromatic rings. The molecular formula is C15H11Br2FN2O. The number of hydrogen-bond donors (Lipinski definition) is 1. The van der Waals surface area contributed by atoms with Crippen LogP contribution in [-0.4, -0.2) is 12.0 Å². The number of halogens is 3. The molecular weight excluding hydrogens is 403 g/mol. The van der Waals surface area contributed by atoms with Gasteiger partial charge < -0.3 is 9.73 Å². The van der Waals surface area contributed by atoms with E-state index in [2.05, 4.69) is 42.2 Å². The van der Waals surface area contributed by atoms with Crippen LogP contribution < -0.4 is 5.32 Å². The highest BCUT2D eigenvalue weighted by Gasteiger charge is 2.21. The Bertz CT molecular complexity index is 803. The molecule has 0 aliphatic heterocycles. The zero-order valence-corrected chi connectivity index (χ0v) is 14.2. The van der Waals surface area contributed by atoms with Gasteiger partial charge in [-0.15, -0.1) is 0 Å². The van der Waals surface area contributed by atoms with Crippen molar-refractivity contribution in [1.29, 1.82) is 0 Å². The Morgan fingerprint density at radius 1 is 1.24 bits per heavy atom. The summed E-state index contributed by atoms with van der Waals surface area (Å²) in [5.41, 5.74) is 1.46. The fraction of sp³-hybridized carbons (Fsp3) is 0.133. The minimum Gasteiger partial charge on any atom is -0.459 e. The van der Waals surface area contributed by atoms with Gasteiger partial charge >= 0.3 is 0 Å². The molecule has 0 bridgehead atoms. The number of furan rings is 1. The first-order chi connectivity index (χ1) is 10.1. The lowest BCUT2D eigenvalue weighted by atomic mass is 10.1. The normalized spacial score (nSPS) is 12.8. The van der Waals surface area contributed by atoms with Crippen LogP contribution in [0.3, 0.4) is 0 Å². The fourth-order valence-corrected chi connectivity index (χ4v) is 3.44. The monoisotopic (exact) mass is 412 g/mol. The summed E-state index contributed by atoms with van der Waals surface area (Å²) in [6, 6.07) is 8.01. The molecule has 0 fully saturated rings. The Morgan fingerprint density at radius 2 is 2.05 bits per heavy atom. The largest absolute Gasteiger partial charge is 0.459 e. The molecule has 1 aromatic carbocycles. The summed E-state index contributed by atoms with van der Waals surface area (Å²) >= 11 is 6.89. The Balaban J connectivity index is 2.09. The highest BCUT2D eigenvalue weighted by atomic mass is 79.9. The molecule has 0 spiro atoms. The van der Waals surface area contributed by atoms with E-state index in [4.69, 9.17) is 4.42 Å². The van der Waals surface area contributed by atoms with Crippen molar-refractivity contribution in [3.8, 4) is 0 Å². The van der Waals surface area contributed by atoms with Crippen molar-refractivity contribution in [2.75, 3.05) is 7.05 Å². The minimum atomic E-state index is -0.279. The molecule has 108 valence electrons. The van der Waals surface area contributed by atoms with E-state index in [1.54, 1.807) is 12.3 Å². The van der Waals surface area contributed by atoms with Gasteiger partial charge in [0.2, 0.25) is 0 Å². The van der Waals surface area contributed by atoms with Crippen LogP contribution in [0.1, 0.15) is 17.5 Å². The lowest BCUT2D eigenvalue weighted by Crippen LogP contribution is -2.18. The van der Waals surface area contributed by atoms with Crippen molar-refractivity contribution in [3.05, 3.63) is 62.7 Å². The van der Waals surface area contributed by atoms with Crippen molar-refractivity contribution >= 4 is 42.8 Å². The highest BCUT2D eigenvalue weighted by molar-refractivity contribution is 9.11. The summed E-state index contributed by atoms with van der Waals surface area (Å²) in [7, 11) is 1.83. The molecule has 1 unspecified atom stereocenters. The maximum absolute atomic E-state index is 13.3. The maximum Gasteiger partial charge on any atom is 0.134 e. The van der Waals surface area contributed by atoms with Crippen molar-refractivity contribution in [2.24, 2.45) is 0 Å². The summed E-state index contributed by atoms with van der Waals surface area (Å²) in [5, 5.41) is 3.91. The number of aromatic nitrogens is 1. The van der Waals surface area contributed by atoms with Crippen LogP contribution in [0.4, 0.5) is 4.39 Å². The van der Waals surface area contributed by atoms with Crippen molar-refractivity contribution < 1.29 is 8.81 Å². The van der Waals surface area contributed by atoms with Gasteiger partial charge in [0, 0.05) is 20.5 Å². The Morgan fingerprint density at radius 3 is 2.76 bits per heavy atom. The van der Waals surface area contributed by atoms with E-state index in [0.29, 0.717) is 11.3 Å². The zero-order chi connectivity index (χ0) is 15.0. The fourth-order valence-electron chi connectivity index (χ4n) is 2.23. The smallest absolute Gasteiger partial charge is 0.134 e. The first-order valence-electron chi connectivity index (χ1n) is 6.25. The van der Waals surface area contributed by atoms with Crippen LogP contribution in [0, 0.1) is 5.82 Å². The van der Waals surface area contributed by atoms with E-state index in [-0.39, 0.29) is 11.9 Å². The molecule has 0 aliphatic rings. The van der Waals surface area contributed by atoms with Crippen LogP contribution >= 0.6 is 31.9 Å². The second kappa shape index (κ2) is 5.87. The van der Waals surface area contributed by atoms with Crippen LogP contribution in [0.2, 0.25) is 0 Å². The van der Waals surface area contributed by atoms with E-state index in [9.17, 15) is 4.39 Å². The minimum absolute atomic E-state index is 0.220. The van der Waals surface area contributed by atoms with E-state index in [1.165, 1.54) is 12.1 Å². The third-order valence-electron chi connectivity index (χ3n) is 3.18. The van der Waals surface area contributed by atoms with Crippen LogP contribution in [0.15, 0.2) is 49.9 Å². The van der Waals surface area contributed by atoms with Gasteiger partial charge in [-0.05, 0) is 69.2 Å². The van der Waals surface area contributed by atoms with Crippen molar-refractivity contribution in [2.45, 2.75) is 6.04 Å².